The monoisotopic (exact) mass is 371 g/mol. The van der Waals surface area contributed by atoms with Crippen LogP contribution in [0.5, 0.6) is 5.75 Å². The van der Waals surface area contributed by atoms with E-state index in [4.69, 9.17) is 17.0 Å². The molecule has 0 fully saturated rings. The van der Waals surface area contributed by atoms with Crippen molar-refractivity contribution in [2.75, 3.05) is 6.61 Å². The number of hydrazine groups is 1. The molecule has 2 aromatic carbocycles. The van der Waals surface area contributed by atoms with Crippen molar-refractivity contribution in [1.82, 2.24) is 16.2 Å². The van der Waals surface area contributed by atoms with Crippen LogP contribution >= 0.6 is 12.2 Å². The fraction of sp³-hybridized carbons (Fsp3) is 0.211. The van der Waals surface area contributed by atoms with Gasteiger partial charge in [0.25, 0.3) is 11.8 Å². The van der Waals surface area contributed by atoms with E-state index in [1.54, 1.807) is 12.1 Å². The molecule has 7 heteroatoms. The second-order valence-electron chi connectivity index (χ2n) is 5.61. The van der Waals surface area contributed by atoms with Crippen LogP contribution in [0, 0.1) is 6.92 Å². The Kier molecular flexibility index (Phi) is 7.11. The van der Waals surface area contributed by atoms with Crippen molar-refractivity contribution in [1.29, 1.82) is 0 Å². The molecule has 0 bridgehead atoms. The van der Waals surface area contributed by atoms with Crippen LogP contribution < -0.4 is 20.9 Å². The van der Waals surface area contributed by atoms with Gasteiger partial charge in [-0.2, -0.15) is 0 Å². The first kappa shape index (κ1) is 19.4. The summed E-state index contributed by atoms with van der Waals surface area (Å²) in [6, 6.07) is 14.6. The molecule has 0 aliphatic rings. The molecule has 3 N–H and O–H groups in total. The summed E-state index contributed by atoms with van der Waals surface area (Å²) >= 11 is 4.97. The number of hydrogen-bond donors (Lipinski definition) is 3. The molecule has 136 valence electrons. The molecule has 26 heavy (non-hydrogen) atoms. The van der Waals surface area contributed by atoms with Gasteiger partial charge in [-0.3, -0.25) is 25.8 Å². The molecule has 0 heterocycles. The van der Waals surface area contributed by atoms with Crippen molar-refractivity contribution in [3.63, 3.8) is 0 Å². The third kappa shape index (κ3) is 6.18. The fourth-order valence-electron chi connectivity index (χ4n) is 2.05. The van der Waals surface area contributed by atoms with Crippen molar-refractivity contribution >= 4 is 29.1 Å². The number of hydrogen-bond acceptors (Lipinski definition) is 4. The lowest BCUT2D eigenvalue weighted by Gasteiger charge is -2.11. The third-order valence-corrected chi connectivity index (χ3v) is 3.76. The van der Waals surface area contributed by atoms with Crippen molar-refractivity contribution in [3.05, 3.63) is 65.2 Å². The standard InChI is InChI=1S/C19H21N3O3S/c1-3-14-6-10-16(11-7-14)25-12-17(23)20-19(26)22-21-18(24)15-8-4-13(2)5-9-15/h4-11H,3,12H2,1-2H3,(H,21,24)(H2,20,22,23,26). The summed E-state index contributed by atoms with van der Waals surface area (Å²) in [7, 11) is 0. The van der Waals surface area contributed by atoms with Crippen molar-refractivity contribution in [2.24, 2.45) is 0 Å². The SMILES string of the molecule is CCc1ccc(OCC(=O)NC(=S)NNC(=O)c2ccc(C)cc2)cc1. The Morgan fingerprint density at radius 3 is 2.27 bits per heavy atom. The van der Waals surface area contributed by atoms with Gasteiger partial charge in [-0.1, -0.05) is 36.8 Å². The van der Waals surface area contributed by atoms with Crippen LogP contribution in [0.2, 0.25) is 0 Å². The Balaban J connectivity index is 1.71. The van der Waals surface area contributed by atoms with E-state index in [9.17, 15) is 9.59 Å². The molecule has 0 atom stereocenters. The predicted molar refractivity (Wildman–Crippen MR) is 104 cm³/mol. The lowest BCUT2D eigenvalue weighted by atomic mass is 10.1. The third-order valence-electron chi connectivity index (χ3n) is 3.56. The van der Waals surface area contributed by atoms with Crippen LogP contribution in [0.4, 0.5) is 0 Å². The van der Waals surface area contributed by atoms with E-state index in [-0.39, 0.29) is 17.6 Å². The highest BCUT2D eigenvalue weighted by Crippen LogP contribution is 2.12. The number of carbonyl (C=O) groups is 2. The van der Waals surface area contributed by atoms with E-state index < -0.39 is 5.91 Å². The molecule has 0 aromatic heterocycles. The second-order valence-corrected chi connectivity index (χ2v) is 6.02. The quantitative estimate of drug-likeness (QED) is 0.555. The van der Waals surface area contributed by atoms with E-state index in [2.05, 4.69) is 23.1 Å². The first-order chi connectivity index (χ1) is 12.5. The number of nitrogens with one attached hydrogen (secondary N) is 3. The van der Waals surface area contributed by atoms with Gasteiger partial charge in [0.1, 0.15) is 5.75 Å². The number of rotatable bonds is 5. The van der Waals surface area contributed by atoms with E-state index in [0.717, 1.165) is 12.0 Å². The summed E-state index contributed by atoms with van der Waals surface area (Å²) in [5.41, 5.74) is 7.64. The van der Waals surface area contributed by atoms with Gasteiger partial charge in [-0.15, -0.1) is 0 Å². The molecular formula is C19H21N3O3S. The summed E-state index contributed by atoms with van der Waals surface area (Å²) in [5.74, 6) is -0.176. The summed E-state index contributed by atoms with van der Waals surface area (Å²) in [4.78, 5) is 23.8. The predicted octanol–water partition coefficient (Wildman–Crippen LogP) is 2.27. The number of aryl methyl sites for hydroxylation is 2. The minimum Gasteiger partial charge on any atom is -0.484 e. The van der Waals surface area contributed by atoms with Gasteiger partial charge in [-0.25, -0.2) is 0 Å². The van der Waals surface area contributed by atoms with Crippen molar-refractivity contribution < 1.29 is 14.3 Å². The molecule has 0 radical (unpaired) electrons. The zero-order chi connectivity index (χ0) is 18.9. The Morgan fingerprint density at radius 1 is 1.00 bits per heavy atom. The van der Waals surface area contributed by atoms with Crippen molar-refractivity contribution in [3.8, 4) is 5.75 Å². The van der Waals surface area contributed by atoms with E-state index in [1.165, 1.54) is 5.56 Å². The molecule has 0 spiro atoms. The summed E-state index contributed by atoms with van der Waals surface area (Å²) in [6.07, 6.45) is 0.939. The van der Waals surface area contributed by atoms with Gasteiger partial charge in [0.05, 0.1) is 0 Å². The Bertz CT molecular complexity index is 774. The van der Waals surface area contributed by atoms with Crippen LogP contribution in [0.1, 0.15) is 28.4 Å². The molecule has 2 aromatic rings. The van der Waals surface area contributed by atoms with Gasteiger partial charge < -0.3 is 4.74 Å². The fourth-order valence-corrected chi connectivity index (χ4v) is 2.22. The van der Waals surface area contributed by atoms with Crippen LogP contribution in [-0.4, -0.2) is 23.5 Å². The largest absolute Gasteiger partial charge is 0.484 e. The van der Waals surface area contributed by atoms with E-state index in [0.29, 0.717) is 11.3 Å². The lowest BCUT2D eigenvalue weighted by Crippen LogP contribution is -2.49. The summed E-state index contributed by atoms with van der Waals surface area (Å²) in [5, 5.41) is 2.42. The average Bonchev–Trinajstić information content (AvgIpc) is 2.65. The van der Waals surface area contributed by atoms with Gasteiger partial charge in [0.15, 0.2) is 11.7 Å². The molecule has 2 amide bonds. The van der Waals surface area contributed by atoms with Gasteiger partial charge in [0, 0.05) is 5.56 Å². The topological polar surface area (TPSA) is 79.5 Å². The number of carbonyl (C=O) groups excluding carboxylic acids is 2. The highest BCUT2D eigenvalue weighted by molar-refractivity contribution is 7.80. The number of ether oxygens (including phenoxy) is 1. The Morgan fingerprint density at radius 2 is 1.65 bits per heavy atom. The normalized spacial score (nSPS) is 9.92. The van der Waals surface area contributed by atoms with Gasteiger partial charge in [0.2, 0.25) is 0 Å². The molecule has 2 rings (SSSR count). The minimum absolute atomic E-state index is 0.0135. The maximum absolute atomic E-state index is 11.9. The van der Waals surface area contributed by atoms with E-state index >= 15 is 0 Å². The molecule has 0 saturated carbocycles. The summed E-state index contributed by atoms with van der Waals surface area (Å²) in [6.45, 7) is 3.82. The van der Waals surface area contributed by atoms with Crippen LogP contribution in [-0.2, 0) is 11.2 Å². The Labute approximate surface area is 157 Å². The second kappa shape index (κ2) is 9.53. The molecule has 0 saturated heterocycles. The molecule has 0 aliphatic heterocycles. The zero-order valence-corrected chi connectivity index (χ0v) is 15.5. The zero-order valence-electron chi connectivity index (χ0n) is 14.7. The number of benzene rings is 2. The first-order valence-electron chi connectivity index (χ1n) is 8.16. The minimum atomic E-state index is -0.424. The number of amides is 2. The molecule has 0 aliphatic carbocycles. The van der Waals surface area contributed by atoms with Gasteiger partial charge >= 0.3 is 0 Å². The average molecular weight is 371 g/mol. The summed E-state index contributed by atoms with van der Waals surface area (Å²) < 4.78 is 5.39. The van der Waals surface area contributed by atoms with Crippen molar-refractivity contribution in [2.45, 2.75) is 20.3 Å². The van der Waals surface area contributed by atoms with Crippen LogP contribution in [0.3, 0.4) is 0 Å². The maximum atomic E-state index is 11.9. The molecule has 0 unspecified atom stereocenters. The lowest BCUT2D eigenvalue weighted by molar-refractivity contribution is -0.121. The first-order valence-corrected chi connectivity index (χ1v) is 8.57. The molecular weight excluding hydrogens is 350 g/mol. The smallest absolute Gasteiger partial charge is 0.269 e. The number of thiocarbonyl (C=S) groups is 1. The van der Waals surface area contributed by atoms with Crippen LogP contribution in [0.15, 0.2) is 48.5 Å². The van der Waals surface area contributed by atoms with Crippen LogP contribution in [0.25, 0.3) is 0 Å². The molecule has 6 nitrogen and oxygen atoms in total. The highest BCUT2D eigenvalue weighted by Gasteiger charge is 2.08. The maximum Gasteiger partial charge on any atom is 0.269 e. The van der Waals surface area contributed by atoms with Gasteiger partial charge in [-0.05, 0) is 55.4 Å². The highest BCUT2D eigenvalue weighted by atomic mass is 32.1. The van der Waals surface area contributed by atoms with E-state index in [1.807, 2.05) is 43.3 Å². The Hall–Kier alpha value is -2.93.